The van der Waals surface area contributed by atoms with Gasteiger partial charge in [-0.05, 0) is 23.2 Å². The Kier molecular flexibility index (Phi) is 5.07. The summed E-state index contributed by atoms with van der Waals surface area (Å²) in [5.74, 6) is 0. The first kappa shape index (κ1) is 16.3. The molecule has 0 saturated carbocycles. The Balaban J connectivity index is 1.68. The molecular weight excluding hydrogens is 336 g/mol. The van der Waals surface area contributed by atoms with E-state index in [-0.39, 0.29) is 0 Å². The van der Waals surface area contributed by atoms with Crippen molar-refractivity contribution in [2.24, 2.45) is 0 Å². The predicted octanol–water partition coefficient (Wildman–Crippen LogP) is 3.12. The highest BCUT2D eigenvalue weighted by atomic mass is 28.4. The van der Waals surface area contributed by atoms with E-state index in [0.717, 1.165) is 12.8 Å². The van der Waals surface area contributed by atoms with Crippen LogP contribution in [-0.4, -0.2) is 18.1 Å². The number of hydrogen-bond acceptors (Lipinski definition) is 1. The third-order valence-electron chi connectivity index (χ3n) is 4.75. The minimum Gasteiger partial charge on any atom is -0.447 e. The zero-order chi connectivity index (χ0) is 16.9. The van der Waals surface area contributed by atoms with Gasteiger partial charge in [0.15, 0.2) is 0 Å². The van der Waals surface area contributed by atoms with Crippen LogP contribution >= 0.6 is 0 Å². The molecule has 124 valence electrons. The summed E-state index contributed by atoms with van der Waals surface area (Å²) in [6, 6.07) is 21.7. The Labute approximate surface area is 153 Å². The van der Waals surface area contributed by atoms with E-state index in [1.807, 2.05) is 0 Å². The van der Waals surface area contributed by atoms with Crippen LogP contribution < -0.4 is 10.4 Å². The van der Waals surface area contributed by atoms with Gasteiger partial charge in [-0.15, -0.1) is 0 Å². The largest absolute Gasteiger partial charge is 0.447 e. The molecule has 2 aliphatic carbocycles. The van der Waals surface area contributed by atoms with Crippen molar-refractivity contribution in [3.8, 4) is 0 Å². The Hall–Kier alpha value is -2.21. The molecule has 0 saturated heterocycles. The number of rotatable bonds is 6. The van der Waals surface area contributed by atoms with Crippen LogP contribution in [-0.2, 0) is 4.12 Å². The smallest absolute Gasteiger partial charge is 0.224 e. The van der Waals surface area contributed by atoms with Gasteiger partial charge in [0.05, 0.1) is 0 Å². The van der Waals surface area contributed by atoms with Crippen molar-refractivity contribution in [2.75, 3.05) is 0 Å². The maximum absolute atomic E-state index is 7.05. The first-order chi connectivity index (χ1) is 12.4. The van der Waals surface area contributed by atoms with Gasteiger partial charge in [0, 0.05) is 0 Å². The molecule has 2 aromatic carbocycles. The maximum Gasteiger partial charge on any atom is 0.224 e. The summed E-state index contributed by atoms with van der Waals surface area (Å²) >= 11 is 0. The lowest BCUT2D eigenvalue weighted by Crippen LogP contribution is -2.46. The van der Waals surface area contributed by atoms with Gasteiger partial charge in [0.25, 0.3) is 0 Å². The standard InChI is InChI=1S/C22H22OSi2/c1-3-11-19(12-4-1)24(21-15-7-8-16-21)23-25(22-17-9-10-18-22)20-13-5-2-6-14-20/h1-15,17,24-25H,16,18H2. The molecule has 0 aromatic heterocycles. The van der Waals surface area contributed by atoms with Crippen molar-refractivity contribution in [3.63, 3.8) is 0 Å². The van der Waals surface area contributed by atoms with Crippen molar-refractivity contribution in [1.82, 2.24) is 0 Å². The van der Waals surface area contributed by atoms with Gasteiger partial charge in [-0.25, -0.2) is 0 Å². The van der Waals surface area contributed by atoms with Gasteiger partial charge < -0.3 is 4.12 Å². The molecule has 2 unspecified atom stereocenters. The molecule has 0 bridgehead atoms. The summed E-state index contributed by atoms with van der Waals surface area (Å²) in [5.41, 5.74) is 0. The summed E-state index contributed by atoms with van der Waals surface area (Å²) < 4.78 is 7.05. The van der Waals surface area contributed by atoms with Gasteiger partial charge in [-0.1, -0.05) is 108 Å². The highest BCUT2D eigenvalue weighted by molar-refractivity contribution is 6.86. The first-order valence-electron chi connectivity index (χ1n) is 8.88. The maximum atomic E-state index is 7.05. The third kappa shape index (κ3) is 3.74. The summed E-state index contributed by atoms with van der Waals surface area (Å²) in [7, 11) is -3.27. The van der Waals surface area contributed by atoms with Gasteiger partial charge >= 0.3 is 0 Å². The van der Waals surface area contributed by atoms with E-state index >= 15 is 0 Å². The molecule has 0 N–H and O–H groups in total. The van der Waals surface area contributed by atoms with E-state index in [9.17, 15) is 0 Å². The average molecular weight is 359 g/mol. The highest BCUT2D eigenvalue weighted by Crippen LogP contribution is 2.20. The van der Waals surface area contributed by atoms with E-state index in [1.54, 1.807) is 0 Å². The minimum atomic E-state index is -1.64. The van der Waals surface area contributed by atoms with Crippen LogP contribution in [0.25, 0.3) is 0 Å². The van der Waals surface area contributed by atoms with Crippen LogP contribution in [0.3, 0.4) is 0 Å². The topological polar surface area (TPSA) is 9.23 Å². The Bertz CT molecular complexity index is 763. The molecule has 0 amide bonds. The van der Waals surface area contributed by atoms with Crippen molar-refractivity contribution < 1.29 is 4.12 Å². The van der Waals surface area contributed by atoms with Gasteiger partial charge in [0.2, 0.25) is 18.1 Å². The fraction of sp³-hybridized carbons (Fsp3) is 0.0909. The number of benzene rings is 2. The van der Waals surface area contributed by atoms with E-state index < -0.39 is 18.1 Å². The summed E-state index contributed by atoms with van der Waals surface area (Å²) in [6.07, 6.45) is 15.5. The van der Waals surface area contributed by atoms with E-state index in [1.165, 1.54) is 20.8 Å². The van der Waals surface area contributed by atoms with Crippen molar-refractivity contribution in [3.05, 3.63) is 108 Å². The quantitative estimate of drug-likeness (QED) is 0.721. The summed E-state index contributed by atoms with van der Waals surface area (Å²) in [4.78, 5) is 0. The van der Waals surface area contributed by atoms with E-state index in [0.29, 0.717) is 0 Å². The fourth-order valence-electron chi connectivity index (χ4n) is 3.47. The molecular formula is C22H22OSi2. The third-order valence-corrected chi connectivity index (χ3v) is 11.1. The van der Waals surface area contributed by atoms with Crippen LogP contribution in [0.15, 0.2) is 108 Å². The van der Waals surface area contributed by atoms with Crippen LogP contribution in [0.1, 0.15) is 12.8 Å². The molecule has 3 heteroatoms. The van der Waals surface area contributed by atoms with Crippen molar-refractivity contribution >= 4 is 28.5 Å². The fourth-order valence-corrected chi connectivity index (χ4v) is 10.5. The SMILES string of the molecule is C1=CCC([SiH](O[SiH](C2=CC=CC2)c2ccccc2)c2ccccc2)=C1. The highest BCUT2D eigenvalue weighted by Gasteiger charge is 2.28. The van der Waals surface area contributed by atoms with Crippen LogP contribution in [0.5, 0.6) is 0 Å². The number of hydrogen-bond donors (Lipinski definition) is 0. The Morgan fingerprint density at radius 2 is 1.04 bits per heavy atom. The molecule has 0 heterocycles. The van der Waals surface area contributed by atoms with Crippen molar-refractivity contribution in [1.29, 1.82) is 0 Å². The second kappa shape index (κ2) is 7.78. The zero-order valence-corrected chi connectivity index (χ0v) is 16.5. The molecule has 1 nitrogen and oxygen atoms in total. The molecule has 4 rings (SSSR count). The predicted molar refractivity (Wildman–Crippen MR) is 111 cm³/mol. The lowest BCUT2D eigenvalue weighted by atomic mass is 10.4. The molecule has 2 atom stereocenters. The molecule has 2 aromatic rings. The molecule has 0 spiro atoms. The minimum absolute atomic E-state index is 1.04. The normalized spacial score (nSPS) is 18.1. The molecule has 0 radical (unpaired) electrons. The number of allylic oxidation sites excluding steroid dienone is 8. The Morgan fingerprint density at radius 1 is 0.600 bits per heavy atom. The Morgan fingerprint density at radius 3 is 1.40 bits per heavy atom. The van der Waals surface area contributed by atoms with Crippen LogP contribution in [0.4, 0.5) is 0 Å². The van der Waals surface area contributed by atoms with Gasteiger partial charge in [-0.3, -0.25) is 0 Å². The monoisotopic (exact) mass is 358 g/mol. The van der Waals surface area contributed by atoms with E-state index in [2.05, 4.69) is 97.1 Å². The lowest BCUT2D eigenvalue weighted by molar-refractivity contribution is 0.621. The molecule has 2 aliphatic rings. The first-order valence-corrected chi connectivity index (χ1v) is 12.1. The molecule has 0 fully saturated rings. The molecule has 25 heavy (non-hydrogen) atoms. The summed E-state index contributed by atoms with van der Waals surface area (Å²) in [5, 5.41) is 5.76. The van der Waals surface area contributed by atoms with E-state index in [4.69, 9.17) is 4.12 Å². The van der Waals surface area contributed by atoms with Crippen molar-refractivity contribution in [2.45, 2.75) is 12.8 Å². The molecule has 0 aliphatic heterocycles. The average Bonchev–Trinajstić information content (AvgIpc) is 3.38. The second-order valence-electron chi connectivity index (χ2n) is 6.47. The van der Waals surface area contributed by atoms with Crippen LogP contribution in [0, 0.1) is 0 Å². The summed E-state index contributed by atoms with van der Waals surface area (Å²) in [6.45, 7) is 0. The zero-order valence-electron chi connectivity index (χ0n) is 14.2. The lowest BCUT2D eigenvalue weighted by Gasteiger charge is -2.26. The second-order valence-corrected chi connectivity index (χ2v) is 11.9. The van der Waals surface area contributed by atoms with Gasteiger partial charge in [0.1, 0.15) is 0 Å². The van der Waals surface area contributed by atoms with Gasteiger partial charge in [-0.2, -0.15) is 0 Å². The van der Waals surface area contributed by atoms with Crippen LogP contribution in [0.2, 0.25) is 0 Å².